The van der Waals surface area contributed by atoms with E-state index in [1.165, 1.54) is 36.3 Å². The number of methoxy groups -OCH3 is 1. The molecule has 1 aliphatic heterocycles. The molecule has 1 fully saturated rings. The smallest absolute Gasteiger partial charge is 0.327 e. The van der Waals surface area contributed by atoms with Gasteiger partial charge in [0.05, 0.1) is 28.3 Å². The molecule has 0 radical (unpaired) electrons. The van der Waals surface area contributed by atoms with Crippen LogP contribution < -0.4 is 15.0 Å². The Balaban J connectivity index is 1.73. The first-order valence-corrected chi connectivity index (χ1v) is 14.6. The van der Waals surface area contributed by atoms with Crippen LogP contribution in [0, 0.1) is 11.7 Å². The van der Waals surface area contributed by atoms with Gasteiger partial charge in [0, 0.05) is 31.4 Å². The predicted molar refractivity (Wildman–Crippen MR) is 165 cm³/mol. The highest BCUT2D eigenvalue weighted by Gasteiger charge is 2.58. The van der Waals surface area contributed by atoms with E-state index in [0.717, 1.165) is 17.0 Å². The molecule has 8 nitrogen and oxygen atoms in total. The molecular weight excluding hydrogens is 593 g/mol. The minimum Gasteiger partial charge on any atom is -0.497 e. The number of hydrogen-bond donors (Lipinski definition) is 2. The molecule has 43 heavy (non-hydrogen) atoms. The van der Waals surface area contributed by atoms with E-state index in [4.69, 9.17) is 16.3 Å². The van der Waals surface area contributed by atoms with Crippen LogP contribution in [-0.4, -0.2) is 55.0 Å². The Labute approximate surface area is 257 Å². The van der Waals surface area contributed by atoms with E-state index >= 15 is 0 Å². The number of nitrogens with zero attached hydrogens (tertiary/aromatic N) is 2. The molecule has 0 spiro atoms. The van der Waals surface area contributed by atoms with Gasteiger partial charge < -0.3 is 25.0 Å². The molecule has 0 aliphatic carbocycles. The van der Waals surface area contributed by atoms with Crippen LogP contribution in [0.3, 0.4) is 0 Å². The average Bonchev–Trinajstić information content (AvgIpc) is 3.60. The number of anilines is 2. The largest absolute Gasteiger partial charge is 0.497 e. The van der Waals surface area contributed by atoms with Gasteiger partial charge in [-0.2, -0.15) is 0 Å². The van der Waals surface area contributed by atoms with Crippen molar-refractivity contribution in [2.45, 2.75) is 18.0 Å². The standard InChI is InChI=1S/C32H29ClFN3O5S/c1-36(2)22-13-7-18(8-14-22)28-27(30(38)24-15-16-25(33)43-24)26(19-5-4-6-23(17-19)42-3)29(31(39)40)37(28)32(41)35-21-11-9-20(34)10-12-21/h4-17,26-29H,1-3H3,(H,35,41)(H,39,40). The number of thiophene rings is 1. The van der Waals surface area contributed by atoms with Gasteiger partial charge in [0.1, 0.15) is 17.6 Å². The molecule has 4 unspecified atom stereocenters. The second-order valence-electron chi connectivity index (χ2n) is 10.4. The van der Waals surface area contributed by atoms with Crippen molar-refractivity contribution >= 4 is 52.1 Å². The van der Waals surface area contributed by atoms with Crippen molar-refractivity contribution in [3.63, 3.8) is 0 Å². The third-order valence-corrected chi connectivity index (χ3v) is 8.84. The topological polar surface area (TPSA) is 99.2 Å². The predicted octanol–water partition coefficient (Wildman–Crippen LogP) is 6.94. The van der Waals surface area contributed by atoms with E-state index in [-0.39, 0.29) is 11.5 Å². The van der Waals surface area contributed by atoms with E-state index < -0.39 is 41.7 Å². The number of carboxylic acids is 1. The van der Waals surface area contributed by atoms with Crippen molar-refractivity contribution in [2.75, 3.05) is 31.4 Å². The van der Waals surface area contributed by atoms with Gasteiger partial charge in [-0.25, -0.2) is 14.0 Å². The van der Waals surface area contributed by atoms with Crippen LogP contribution in [0.4, 0.5) is 20.6 Å². The Kier molecular flexibility index (Phi) is 8.70. The molecule has 1 aliphatic rings. The third-order valence-electron chi connectivity index (χ3n) is 7.60. The van der Waals surface area contributed by atoms with Gasteiger partial charge in [-0.15, -0.1) is 11.3 Å². The number of urea groups is 1. The third kappa shape index (κ3) is 6.07. The van der Waals surface area contributed by atoms with Crippen molar-refractivity contribution in [3.05, 3.63) is 111 Å². The first-order valence-electron chi connectivity index (χ1n) is 13.4. The molecular formula is C32H29ClFN3O5S. The lowest BCUT2D eigenvalue weighted by Crippen LogP contribution is -2.45. The highest BCUT2D eigenvalue weighted by molar-refractivity contribution is 7.18. The number of ether oxygens (including phenoxy) is 1. The molecule has 11 heteroatoms. The van der Waals surface area contributed by atoms with Crippen LogP contribution in [-0.2, 0) is 4.79 Å². The molecule has 0 saturated carbocycles. The fourth-order valence-corrected chi connectivity index (χ4v) is 6.68. The molecule has 5 rings (SSSR count). The van der Waals surface area contributed by atoms with Crippen LogP contribution in [0.1, 0.15) is 32.8 Å². The number of carbonyl (C=O) groups excluding carboxylic acids is 2. The van der Waals surface area contributed by atoms with Crippen molar-refractivity contribution in [1.29, 1.82) is 0 Å². The summed E-state index contributed by atoms with van der Waals surface area (Å²) in [6, 6.07) is 19.4. The molecule has 2 heterocycles. The Morgan fingerprint density at radius 2 is 1.67 bits per heavy atom. The number of carboxylic acid groups (broad SMARTS) is 1. The van der Waals surface area contributed by atoms with Crippen LogP contribution in [0.5, 0.6) is 5.75 Å². The summed E-state index contributed by atoms with van der Waals surface area (Å²) in [5, 5.41) is 13.4. The SMILES string of the molecule is COc1cccc(C2C(C(=O)c3ccc(Cl)s3)C(c3ccc(N(C)C)cc3)N(C(=O)Nc3ccc(F)cc3)C2C(=O)O)c1. The second kappa shape index (κ2) is 12.4. The van der Waals surface area contributed by atoms with Gasteiger partial charge in [0.15, 0.2) is 5.78 Å². The maximum atomic E-state index is 14.4. The van der Waals surface area contributed by atoms with E-state index in [9.17, 15) is 23.9 Å². The Morgan fingerprint density at radius 1 is 0.977 bits per heavy atom. The maximum Gasteiger partial charge on any atom is 0.327 e. The summed E-state index contributed by atoms with van der Waals surface area (Å²) in [5.41, 5.74) is 2.27. The van der Waals surface area contributed by atoms with Gasteiger partial charge in [-0.1, -0.05) is 35.9 Å². The van der Waals surface area contributed by atoms with E-state index in [0.29, 0.717) is 26.1 Å². The monoisotopic (exact) mass is 621 g/mol. The summed E-state index contributed by atoms with van der Waals surface area (Å²) < 4.78 is 19.4. The molecule has 1 aromatic heterocycles. The number of rotatable bonds is 8. The molecule has 1 saturated heterocycles. The minimum absolute atomic E-state index is 0.273. The molecule has 222 valence electrons. The Bertz CT molecular complexity index is 1640. The normalized spacial score (nSPS) is 19.6. The number of halogens is 2. The number of hydrogen-bond acceptors (Lipinski definition) is 6. The summed E-state index contributed by atoms with van der Waals surface area (Å²) >= 11 is 7.31. The summed E-state index contributed by atoms with van der Waals surface area (Å²) in [4.78, 5) is 45.1. The van der Waals surface area contributed by atoms with Gasteiger partial charge in [0.25, 0.3) is 0 Å². The number of Topliss-reactive ketones (excluding diaryl/α,β-unsaturated/α-hetero) is 1. The zero-order valence-electron chi connectivity index (χ0n) is 23.5. The van der Waals surface area contributed by atoms with Crippen LogP contribution >= 0.6 is 22.9 Å². The number of ketones is 1. The number of carbonyl (C=O) groups is 3. The molecule has 4 aromatic rings. The average molecular weight is 622 g/mol. The Hall–Kier alpha value is -4.41. The zero-order valence-corrected chi connectivity index (χ0v) is 25.1. The summed E-state index contributed by atoms with van der Waals surface area (Å²) in [7, 11) is 5.27. The number of amides is 2. The minimum atomic E-state index is -1.45. The van der Waals surface area contributed by atoms with E-state index in [1.807, 2.05) is 31.1 Å². The lowest BCUT2D eigenvalue weighted by molar-refractivity contribution is -0.142. The number of nitrogens with one attached hydrogen (secondary N) is 1. The van der Waals surface area contributed by atoms with Gasteiger partial charge in [0.2, 0.25) is 0 Å². The fourth-order valence-electron chi connectivity index (χ4n) is 5.65. The fraction of sp³-hybridized carbons (Fsp3) is 0.219. The molecule has 2 N–H and O–H groups in total. The molecule has 2 amide bonds. The lowest BCUT2D eigenvalue weighted by Gasteiger charge is -2.30. The highest BCUT2D eigenvalue weighted by atomic mass is 35.5. The second-order valence-corrected chi connectivity index (χ2v) is 12.1. The van der Waals surface area contributed by atoms with E-state index in [2.05, 4.69) is 5.32 Å². The first kappa shape index (κ1) is 30.1. The maximum absolute atomic E-state index is 14.4. The van der Waals surface area contributed by atoms with Crippen LogP contribution in [0.15, 0.2) is 84.9 Å². The van der Waals surface area contributed by atoms with Gasteiger partial charge in [-0.3, -0.25) is 4.79 Å². The lowest BCUT2D eigenvalue weighted by atomic mass is 9.77. The quantitative estimate of drug-likeness (QED) is 0.207. The summed E-state index contributed by atoms with van der Waals surface area (Å²) in [6.07, 6.45) is 0. The summed E-state index contributed by atoms with van der Waals surface area (Å²) in [5.74, 6) is -3.59. The van der Waals surface area contributed by atoms with Crippen molar-refractivity contribution in [2.24, 2.45) is 5.92 Å². The zero-order chi connectivity index (χ0) is 30.8. The van der Waals surface area contributed by atoms with E-state index in [1.54, 1.807) is 48.5 Å². The van der Waals surface area contributed by atoms with Gasteiger partial charge >= 0.3 is 12.0 Å². The molecule has 0 bridgehead atoms. The molecule has 4 atom stereocenters. The van der Waals surface area contributed by atoms with Crippen molar-refractivity contribution in [1.82, 2.24) is 4.90 Å². The number of aliphatic carboxylic acids is 1. The van der Waals surface area contributed by atoms with Crippen LogP contribution in [0.25, 0.3) is 0 Å². The summed E-state index contributed by atoms with van der Waals surface area (Å²) in [6.45, 7) is 0. The van der Waals surface area contributed by atoms with Crippen molar-refractivity contribution in [3.8, 4) is 5.75 Å². The highest BCUT2D eigenvalue weighted by Crippen LogP contribution is 2.52. The van der Waals surface area contributed by atoms with Gasteiger partial charge in [-0.05, 0) is 71.8 Å². The molecule has 3 aromatic carbocycles. The number of benzene rings is 3. The van der Waals surface area contributed by atoms with Crippen molar-refractivity contribution < 1.29 is 28.6 Å². The Morgan fingerprint density at radius 3 is 2.26 bits per heavy atom. The first-order chi connectivity index (χ1) is 20.6. The number of likely N-dealkylation sites (tertiary alicyclic amines) is 1. The van der Waals surface area contributed by atoms with Crippen LogP contribution in [0.2, 0.25) is 4.34 Å².